The number of Topliss-reactive ketones (excluding diaryl/α,β-unsaturated/α-hetero) is 1. The van der Waals surface area contributed by atoms with Gasteiger partial charge < -0.3 is 10.4 Å². The van der Waals surface area contributed by atoms with E-state index in [1.165, 1.54) is 6.07 Å². The highest BCUT2D eigenvalue weighted by Gasteiger charge is 2.12. The predicted molar refractivity (Wildman–Crippen MR) is 144 cm³/mol. The summed E-state index contributed by atoms with van der Waals surface area (Å²) >= 11 is 6.28. The van der Waals surface area contributed by atoms with Gasteiger partial charge in [0.15, 0.2) is 5.78 Å². The molecule has 3 aromatic carbocycles. The van der Waals surface area contributed by atoms with Crippen molar-refractivity contribution in [3.8, 4) is 22.3 Å². The van der Waals surface area contributed by atoms with Crippen molar-refractivity contribution in [2.45, 2.75) is 32.7 Å². The number of anilines is 1. The van der Waals surface area contributed by atoms with Crippen molar-refractivity contribution in [2.24, 2.45) is 0 Å². The van der Waals surface area contributed by atoms with Gasteiger partial charge in [0.05, 0.1) is 0 Å². The molecule has 0 aliphatic heterocycles. The molecule has 0 fully saturated rings. The van der Waals surface area contributed by atoms with E-state index >= 15 is 0 Å². The van der Waals surface area contributed by atoms with Crippen molar-refractivity contribution in [3.05, 3.63) is 107 Å². The van der Waals surface area contributed by atoms with E-state index in [1.54, 1.807) is 25.3 Å². The molecule has 4 aromatic rings. The van der Waals surface area contributed by atoms with Crippen molar-refractivity contribution in [2.75, 3.05) is 5.32 Å². The summed E-state index contributed by atoms with van der Waals surface area (Å²) in [5, 5.41) is 12.8. The van der Waals surface area contributed by atoms with Crippen molar-refractivity contribution >= 4 is 29.0 Å². The molecule has 1 heterocycles. The first kappa shape index (κ1) is 26.0. The third-order valence-corrected chi connectivity index (χ3v) is 6.32. The molecule has 5 nitrogen and oxygen atoms in total. The monoisotopic (exact) mass is 516 g/mol. The van der Waals surface area contributed by atoms with E-state index in [2.05, 4.69) is 10.3 Å². The average Bonchev–Trinajstić information content (AvgIpc) is 2.89. The lowest BCUT2D eigenvalue weighted by molar-refractivity contribution is -0.137. The Morgan fingerprint density at radius 1 is 0.919 bits per heavy atom. The first-order valence-corrected chi connectivity index (χ1v) is 12.3. The highest BCUT2D eigenvalue weighted by atomic mass is 35.5. The number of hydrogen-bond acceptors (Lipinski definition) is 4. The van der Waals surface area contributed by atoms with E-state index in [-0.39, 0.29) is 30.9 Å². The number of nitrogens with one attached hydrogen (secondary N) is 1. The lowest BCUT2D eigenvalue weighted by atomic mass is 10.00. The minimum atomic E-state index is -0.919. The van der Waals surface area contributed by atoms with Crippen LogP contribution in [0.2, 0.25) is 5.02 Å². The number of carboxylic acids is 1. The van der Waals surface area contributed by atoms with Crippen LogP contribution in [0.25, 0.3) is 22.3 Å². The second kappa shape index (κ2) is 11.8. The number of ketones is 1. The molecule has 0 aliphatic carbocycles. The Labute approximate surface area is 220 Å². The zero-order valence-corrected chi connectivity index (χ0v) is 21.1. The predicted octanol–water partition coefficient (Wildman–Crippen LogP) is 7.57. The van der Waals surface area contributed by atoms with E-state index in [4.69, 9.17) is 16.7 Å². The number of benzene rings is 3. The summed E-state index contributed by atoms with van der Waals surface area (Å²) in [7, 11) is 0. The largest absolute Gasteiger partial charge is 0.481 e. The van der Waals surface area contributed by atoms with Crippen molar-refractivity contribution in [1.29, 1.82) is 0 Å². The van der Waals surface area contributed by atoms with E-state index in [1.807, 2.05) is 54.6 Å². The van der Waals surface area contributed by atoms with Gasteiger partial charge in [-0.05, 0) is 83.6 Å². The molecule has 0 saturated carbocycles. The Kier molecular flexibility index (Phi) is 8.31. The zero-order valence-electron chi connectivity index (χ0n) is 20.3. The van der Waals surface area contributed by atoms with Gasteiger partial charge in [0.1, 0.15) is 11.5 Å². The summed E-state index contributed by atoms with van der Waals surface area (Å²) < 4.78 is 13.6. The molecule has 37 heavy (non-hydrogen) atoms. The number of carboxylic acid groups (broad SMARTS) is 1. The Morgan fingerprint density at radius 3 is 2.32 bits per heavy atom. The van der Waals surface area contributed by atoms with E-state index < -0.39 is 5.97 Å². The third-order valence-electron chi connectivity index (χ3n) is 6.09. The Balaban J connectivity index is 1.45. The smallest absolute Gasteiger partial charge is 0.303 e. The van der Waals surface area contributed by atoms with E-state index in [0.29, 0.717) is 22.8 Å². The molecule has 0 bridgehead atoms. The summed E-state index contributed by atoms with van der Waals surface area (Å²) in [6.45, 7) is 2.29. The number of aryl methyl sites for hydroxylation is 1. The average molecular weight is 517 g/mol. The van der Waals surface area contributed by atoms with Gasteiger partial charge in [-0.1, -0.05) is 41.9 Å². The van der Waals surface area contributed by atoms with Crippen LogP contribution in [0.4, 0.5) is 10.1 Å². The summed E-state index contributed by atoms with van der Waals surface area (Å²) in [5.74, 6) is -1.31. The standard InChI is InChI=1S/C30H26ClFN2O3/c1-19-15-21(8-13-27(19)32)20-6-11-25(12-7-20)33-17-22-5-10-24(31)16-26(22)23-9-14-28(34-18-23)29(35)3-2-4-30(36)37/h5-16,18,33H,2-4,17H2,1H3,(H,36,37). The first-order valence-electron chi connectivity index (χ1n) is 11.9. The van der Waals surface area contributed by atoms with Crippen LogP contribution in [0.1, 0.15) is 40.9 Å². The number of aromatic nitrogens is 1. The third kappa shape index (κ3) is 6.80. The number of halogens is 2. The Morgan fingerprint density at radius 2 is 1.65 bits per heavy atom. The topological polar surface area (TPSA) is 79.3 Å². The number of hydrogen-bond donors (Lipinski definition) is 2. The van der Waals surface area contributed by atoms with Crippen LogP contribution in [0.3, 0.4) is 0 Å². The van der Waals surface area contributed by atoms with Crippen LogP contribution in [0.5, 0.6) is 0 Å². The second-order valence-corrected chi connectivity index (χ2v) is 9.24. The fraction of sp³-hybridized carbons (Fsp3) is 0.167. The van der Waals surface area contributed by atoms with Gasteiger partial charge in [0.25, 0.3) is 0 Å². The first-order chi connectivity index (χ1) is 17.8. The lowest BCUT2D eigenvalue weighted by Crippen LogP contribution is -2.04. The van der Waals surface area contributed by atoms with Gasteiger partial charge >= 0.3 is 5.97 Å². The molecular formula is C30H26ClFN2O3. The molecule has 1 aromatic heterocycles. The minimum Gasteiger partial charge on any atom is -0.481 e. The quantitative estimate of drug-likeness (QED) is 0.212. The van der Waals surface area contributed by atoms with Crippen LogP contribution >= 0.6 is 11.6 Å². The fourth-order valence-corrected chi connectivity index (χ4v) is 4.19. The maximum absolute atomic E-state index is 13.6. The summed E-state index contributed by atoms with van der Waals surface area (Å²) in [6.07, 6.45) is 2.02. The molecule has 0 saturated heterocycles. The lowest BCUT2D eigenvalue weighted by Gasteiger charge is -2.13. The van der Waals surface area contributed by atoms with Crippen molar-refractivity contribution < 1.29 is 19.1 Å². The van der Waals surface area contributed by atoms with Crippen LogP contribution in [0.15, 0.2) is 79.0 Å². The van der Waals surface area contributed by atoms with Crippen LogP contribution in [-0.4, -0.2) is 21.8 Å². The molecule has 0 spiro atoms. The fourth-order valence-electron chi connectivity index (χ4n) is 4.02. The number of carbonyl (C=O) groups is 2. The highest BCUT2D eigenvalue weighted by molar-refractivity contribution is 6.30. The number of aliphatic carboxylic acids is 1. The summed E-state index contributed by atoms with van der Waals surface area (Å²) in [5.41, 5.74) is 6.55. The summed E-state index contributed by atoms with van der Waals surface area (Å²) in [4.78, 5) is 27.3. The second-order valence-electron chi connectivity index (χ2n) is 8.80. The highest BCUT2D eigenvalue weighted by Crippen LogP contribution is 2.29. The molecule has 0 radical (unpaired) electrons. The Hall–Kier alpha value is -4.03. The maximum atomic E-state index is 13.6. The molecule has 0 aliphatic rings. The SMILES string of the molecule is Cc1cc(-c2ccc(NCc3ccc(Cl)cc3-c3ccc(C(=O)CCCC(=O)O)nc3)cc2)ccc1F. The number of pyridine rings is 1. The number of nitrogens with zero attached hydrogens (tertiary/aromatic N) is 1. The summed E-state index contributed by atoms with van der Waals surface area (Å²) in [6, 6.07) is 22.2. The molecule has 0 unspecified atom stereocenters. The van der Waals surface area contributed by atoms with E-state index in [0.717, 1.165) is 33.5 Å². The van der Waals surface area contributed by atoms with Crippen molar-refractivity contribution in [1.82, 2.24) is 4.98 Å². The molecule has 0 atom stereocenters. The maximum Gasteiger partial charge on any atom is 0.303 e. The van der Waals surface area contributed by atoms with Gasteiger partial charge in [-0.2, -0.15) is 0 Å². The molecule has 0 amide bonds. The van der Waals surface area contributed by atoms with Crippen LogP contribution in [-0.2, 0) is 11.3 Å². The molecule has 7 heteroatoms. The van der Waals surface area contributed by atoms with Crippen LogP contribution in [0, 0.1) is 12.7 Å². The van der Waals surface area contributed by atoms with Gasteiger partial charge in [-0.25, -0.2) is 4.39 Å². The minimum absolute atomic E-state index is 0.0443. The zero-order chi connectivity index (χ0) is 26.4. The van der Waals surface area contributed by atoms with Gasteiger partial charge in [0, 0.05) is 41.9 Å². The molecule has 188 valence electrons. The van der Waals surface area contributed by atoms with Gasteiger partial charge in [-0.15, -0.1) is 0 Å². The molecular weight excluding hydrogens is 491 g/mol. The van der Waals surface area contributed by atoms with Crippen LogP contribution < -0.4 is 5.32 Å². The number of carbonyl (C=O) groups excluding carboxylic acids is 1. The molecule has 4 rings (SSSR count). The Bertz CT molecular complexity index is 1420. The van der Waals surface area contributed by atoms with E-state index in [9.17, 15) is 14.0 Å². The van der Waals surface area contributed by atoms with Gasteiger partial charge in [0.2, 0.25) is 0 Å². The normalized spacial score (nSPS) is 10.8. The number of rotatable bonds is 10. The van der Waals surface area contributed by atoms with Crippen molar-refractivity contribution in [3.63, 3.8) is 0 Å². The van der Waals surface area contributed by atoms with Gasteiger partial charge in [-0.3, -0.25) is 14.6 Å². The molecule has 2 N–H and O–H groups in total.